The van der Waals surface area contributed by atoms with E-state index in [0.29, 0.717) is 13.1 Å². The minimum absolute atomic E-state index is 0.609. The van der Waals surface area contributed by atoms with Gasteiger partial charge in [-0.05, 0) is 13.1 Å². The lowest BCUT2D eigenvalue weighted by Crippen LogP contribution is -2.05. The van der Waals surface area contributed by atoms with E-state index >= 15 is 0 Å². The van der Waals surface area contributed by atoms with E-state index < -0.39 is 0 Å². The molecule has 0 saturated carbocycles. The third-order valence-electron chi connectivity index (χ3n) is 2.92. The van der Waals surface area contributed by atoms with Crippen LogP contribution >= 0.6 is 22.9 Å². The van der Waals surface area contributed by atoms with Gasteiger partial charge in [-0.3, -0.25) is 0 Å². The van der Waals surface area contributed by atoms with Crippen molar-refractivity contribution < 1.29 is 0 Å². The molecule has 1 N–H and O–H groups in total. The van der Waals surface area contributed by atoms with Crippen LogP contribution < -0.4 is 5.32 Å². The summed E-state index contributed by atoms with van der Waals surface area (Å²) in [5.74, 6) is 0. The highest BCUT2D eigenvalue weighted by Crippen LogP contribution is 2.30. The summed E-state index contributed by atoms with van der Waals surface area (Å²) in [6, 6.07) is 7.73. The zero-order valence-electron chi connectivity index (χ0n) is 11.5. The molecule has 0 unspecified atom stereocenters. The van der Waals surface area contributed by atoms with Crippen LogP contribution in [0.1, 0.15) is 11.4 Å². The Labute approximate surface area is 131 Å². The number of thiazole rings is 1. The van der Waals surface area contributed by atoms with Crippen molar-refractivity contribution in [3.63, 3.8) is 0 Å². The second-order valence-electron chi connectivity index (χ2n) is 4.56. The minimum atomic E-state index is 0.609. The number of nitrogens with zero attached hydrogens (tertiary/aromatic N) is 4. The fraction of sp³-hybridized carbons (Fsp3) is 0.214. The maximum atomic E-state index is 6.20. The van der Waals surface area contributed by atoms with Gasteiger partial charge in [0.2, 0.25) is 0 Å². The highest BCUT2D eigenvalue weighted by molar-refractivity contribution is 7.13. The summed E-state index contributed by atoms with van der Waals surface area (Å²) in [5, 5.41) is 14.9. The van der Waals surface area contributed by atoms with E-state index in [1.54, 1.807) is 16.0 Å². The number of hydrogen-bond donors (Lipinski definition) is 1. The van der Waals surface area contributed by atoms with E-state index in [2.05, 4.69) is 20.6 Å². The van der Waals surface area contributed by atoms with E-state index in [0.717, 1.165) is 27.0 Å². The third kappa shape index (κ3) is 3.29. The number of nitrogens with one attached hydrogen (secondary N) is 1. The smallest absolute Gasteiger partial charge is 0.125 e. The monoisotopic (exact) mass is 319 g/mol. The Morgan fingerprint density at radius 1 is 1.29 bits per heavy atom. The molecule has 0 amide bonds. The lowest BCUT2D eigenvalue weighted by atomic mass is 10.2. The van der Waals surface area contributed by atoms with Gasteiger partial charge in [-0.15, -0.1) is 16.4 Å². The van der Waals surface area contributed by atoms with Crippen LogP contribution in [0.2, 0.25) is 5.02 Å². The second-order valence-corrected chi connectivity index (χ2v) is 5.83. The average molecular weight is 320 g/mol. The van der Waals surface area contributed by atoms with E-state index in [9.17, 15) is 0 Å². The van der Waals surface area contributed by atoms with Crippen molar-refractivity contribution in [1.29, 1.82) is 0 Å². The molecule has 0 aliphatic rings. The normalized spacial score (nSPS) is 11.0. The van der Waals surface area contributed by atoms with Crippen LogP contribution in [-0.4, -0.2) is 27.0 Å². The number of rotatable bonds is 5. The maximum absolute atomic E-state index is 6.20. The molecule has 7 heteroatoms. The Morgan fingerprint density at radius 3 is 2.95 bits per heavy atom. The van der Waals surface area contributed by atoms with Crippen LogP contribution in [0.15, 0.2) is 35.8 Å². The molecular formula is C14H14ClN5S. The number of benzene rings is 1. The first-order valence-corrected chi connectivity index (χ1v) is 7.75. The summed E-state index contributed by atoms with van der Waals surface area (Å²) in [4.78, 5) is 4.62. The molecule has 3 rings (SSSR count). The molecule has 0 atom stereocenters. The minimum Gasteiger partial charge on any atom is -0.314 e. The Kier molecular flexibility index (Phi) is 4.28. The van der Waals surface area contributed by atoms with Crippen LogP contribution in [0, 0.1) is 0 Å². The van der Waals surface area contributed by atoms with Crippen molar-refractivity contribution in [2.75, 3.05) is 7.05 Å². The summed E-state index contributed by atoms with van der Waals surface area (Å²) in [6.07, 6.45) is 1.92. The average Bonchev–Trinajstić information content (AvgIpc) is 3.10. The van der Waals surface area contributed by atoms with Crippen molar-refractivity contribution in [2.24, 2.45) is 0 Å². The van der Waals surface area contributed by atoms with Gasteiger partial charge in [-0.2, -0.15) is 0 Å². The van der Waals surface area contributed by atoms with Gasteiger partial charge in [0.1, 0.15) is 5.01 Å². The Balaban J connectivity index is 1.77. The fourth-order valence-corrected chi connectivity index (χ4v) is 3.11. The van der Waals surface area contributed by atoms with Gasteiger partial charge in [-0.1, -0.05) is 35.0 Å². The molecule has 3 aromatic rings. The predicted octanol–water partition coefficient (Wildman–Crippen LogP) is 2.82. The molecule has 0 fully saturated rings. The second kappa shape index (κ2) is 6.34. The molecule has 1 aromatic carbocycles. The Hall–Kier alpha value is -1.76. The van der Waals surface area contributed by atoms with E-state index in [4.69, 9.17) is 11.6 Å². The topological polar surface area (TPSA) is 55.6 Å². The van der Waals surface area contributed by atoms with Crippen LogP contribution in [0.3, 0.4) is 0 Å². The van der Waals surface area contributed by atoms with Crippen LogP contribution in [-0.2, 0) is 13.1 Å². The fourth-order valence-electron chi connectivity index (χ4n) is 1.98. The molecule has 0 bridgehead atoms. The lowest BCUT2D eigenvalue weighted by molar-refractivity contribution is 0.640. The first-order valence-electron chi connectivity index (χ1n) is 6.49. The summed E-state index contributed by atoms with van der Waals surface area (Å²) >= 11 is 7.78. The number of aromatic nitrogens is 4. The van der Waals surface area contributed by atoms with Gasteiger partial charge in [0.15, 0.2) is 0 Å². The van der Waals surface area contributed by atoms with Gasteiger partial charge in [-0.25, -0.2) is 9.67 Å². The third-order valence-corrected chi connectivity index (χ3v) is 4.18. The van der Waals surface area contributed by atoms with Crippen LogP contribution in [0.4, 0.5) is 0 Å². The predicted molar refractivity (Wildman–Crippen MR) is 84.4 cm³/mol. The SMILES string of the molecule is CNCc1cn(Cc2csc(-c3ccccc3Cl)n2)nn1. The van der Waals surface area contributed by atoms with E-state index in [1.807, 2.05) is 42.9 Å². The van der Waals surface area contributed by atoms with Crippen LogP contribution in [0.25, 0.3) is 10.6 Å². The van der Waals surface area contributed by atoms with Crippen molar-refractivity contribution in [3.8, 4) is 10.6 Å². The molecule has 2 aromatic heterocycles. The summed E-state index contributed by atoms with van der Waals surface area (Å²) < 4.78 is 1.79. The summed E-state index contributed by atoms with van der Waals surface area (Å²) in [7, 11) is 1.88. The highest BCUT2D eigenvalue weighted by atomic mass is 35.5. The first kappa shape index (κ1) is 14.2. The molecule has 108 valence electrons. The molecule has 0 radical (unpaired) electrons. The molecule has 5 nitrogen and oxygen atoms in total. The molecule has 21 heavy (non-hydrogen) atoms. The molecular weight excluding hydrogens is 306 g/mol. The van der Waals surface area contributed by atoms with E-state index in [1.165, 1.54) is 0 Å². The molecule has 0 aliphatic heterocycles. The zero-order valence-corrected chi connectivity index (χ0v) is 13.0. The molecule has 2 heterocycles. The van der Waals surface area contributed by atoms with E-state index in [-0.39, 0.29) is 0 Å². The number of halogens is 1. The largest absolute Gasteiger partial charge is 0.314 e. The summed E-state index contributed by atoms with van der Waals surface area (Å²) in [6.45, 7) is 1.32. The summed E-state index contributed by atoms with van der Waals surface area (Å²) in [5.41, 5.74) is 2.83. The zero-order chi connectivity index (χ0) is 14.7. The maximum Gasteiger partial charge on any atom is 0.125 e. The van der Waals surface area contributed by atoms with Gasteiger partial charge < -0.3 is 5.32 Å². The van der Waals surface area contributed by atoms with Crippen molar-refractivity contribution in [2.45, 2.75) is 13.1 Å². The molecule has 0 spiro atoms. The van der Waals surface area contributed by atoms with Crippen LogP contribution in [0.5, 0.6) is 0 Å². The van der Waals surface area contributed by atoms with Gasteiger partial charge in [0.25, 0.3) is 0 Å². The molecule has 0 saturated heterocycles. The van der Waals surface area contributed by atoms with Crippen molar-refractivity contribution in [3.05, 3.63) is 52.3 Å². The molecule has 0 aliphatic carbocycles. The van der Waals surface area contributed by atoms with Gasteiger partial charge >= 0.3 is 0 Å². The van der Waals surface area contributed by atoms with Crippen molar-refractivity contribution in [1.82, 2.24) is 25.3 Å². The van der Waals surface area contributed by atoms with Gasteiger partial charge in [0, 0.05) is 17.5 Å². The Bertz CT molecular complexity index is 736. The number of hydrogen-bond acceptors (Lipinski definition) is 5. The van der Waals surface area contributed by atoms with Crippen molar-refractivity contribution >= 4 is 22.9 Å². The Morgan fingerprint density at radius 2 is 2.14 bits per heavy atom. The highest BCUT2D eigenvalue weighted by Gasteiger charge is 2.09. The lowest BCUT2D eigenvalue weighted by Gasteiger charge is -1.99. The quantitative estimate of drug-likeness (QED) is 0.785. The standard InChI is InChI=1S/C14H14ClN5S/c1-16-6-10-7-20(19-18-10)8-11-9-21-14(17-11)12-4-2-3-5-13(12)15/h2-5,7,9,16H,6,8H2,1H3. The van der Waals surface area contributed by atoms with Gasteiger partial charge in [0.05, 0.1) is 29.2 Å². The first-order chi connectivity index (χ1) is 10.3.